The van der Waals surface area contributed by atoms with E-state index in [1.165, 1.54) is 9.13 Å². The third kappa shape index (κ3) is 7.64. The van der Waals surface area contributed by atoms with Crippen molar-refractivity contribution in [1.82, 2.24) is 5.32 Å². The van der Waals surface area contributed by atoms with Gasteiger partial charge in [-0.2, -0.15) is 0 Å². The first kappa shape index (κ1) is 20.9. The summed E-state index contributed by atoms with van der Waals surface area (Å²) in [7, 11) is 0. The van der Waals surface area contributed by atoms with Gasteiger partial charge in [-0.05, 0) is 65.1 Å². The Morgan fingerprint density at radius 3 is 2.38 bits per heavy atom. The van der Waals surface area contributed by atoms with Crippen molar-refractivity contribution in [3.05, 3.63) is 69.3 Å². The van der Waals surface area contributed by atoms with E-state index < -0.39 is 0 Å². The molecule has 0 heterocycles. The van der Waals surface area contributed by atoms with E-state index in [4.69, 9.17) is 5.73 Å². The highest BCUT2D eigenvalue weighted by molar-refractivity contribution is 14.1. The van der Waals surface area contributed by atoms with E-state index >= 15 is 0 Å². The van der Waals surface area contributed by atoms with Crippen LogP contribution >= 0.6 is 35.0 Å². The fourth-order valence-corrected chi connectivity index (χ4v) is 2.76. The molecular weight excluding hydrogens is 435 g/mol. The maximum Gasteiger partial charge on any atom is 0.220 e. The number of hydrogen-bond acceptors (Lipinski definition) is 2. The lowest BCUT2D eigenvalue weighted by Gasteiger charge is -2.13. The molecule has 0 aliphatic heterocycles. The highest BCUT2D eigenvalue weighted by Crippen LogP contribution is 2.11. The fraction of sp³-hybridized carbons (Fsp3) is 0.316. The molecule has 130 valence electrons. The molecule has 0 aliphatic carbocycles. The molecule has 0 fully saturated rings. The minimum atomic E-state index is -0.146. The molecule has 0 spiro atoms. The number of carbonyl (C=O) groups is 1. The first-order valence-electron chi connectivity index (χ1n) is 7.97. The molecule has 1 atom stereocenters. The van der Waals surface area contributed by atoms with Crippen LogP contribution in [0.15, 0.2) is 54.6 Å². The van der Waals surface area contributed by atoms with Crippen molar-refractivity contribution in [2.75, 3.05) is 6.54 Å². The smallest absolute Gasteiger partial charge is 0.220 e. The van der Waals surface area contributed by atoms with Crippen LogP contribution in [0.25, 0.3) is 0 Å². The Hall–Kier alpha value is -1.11. The molecule has 24 heavy (non-hydrogen) atoms. The number of aryl methyl sites for hydroxylation is 1. The predicted molar refractivity (Wildman–Crippen MR) is 110 cm³/mol. The number of benzene rings is 2. The van der Waals surface area contributed by atoms with Gasteiger partial charge in [-0.3, -0.25) is 4.79 Å². The summed E-state index contributed by atoms with van der Waals surface area (Å²) in [6, 6.07) is 18.2. The number of halogens is 2. The summed E-state index contributed by atoms with van der Waals surface area (Å²) in [6.07, 6.45) is 3.51. The minimum absolute atomic E-state index is 0. The standard InChI is InChI=1S/C19H23IN2O.ClH/c20-17-12-10-15(11-13-17)6-4-5-9-19(23)22-14-18(21)16-7-2-1-3-8-16;/h1-3,7-8,10-13,18H,4-6,9,14,21H2,(H,22,23);1H. The number of rotatable bonds is 8. The lowest BCUT2D eigenvalue weighted by atomic mass is 10.1. The number of nitrogens with two attached hydrogens (primary N) is 1. The van der Waals surface area contributed by atoms with Crippen molar-refractivity contribution in [3.8, 4) is 0 Å². The number of unbranched alkanes of at least 4 members (excludes halogenated alkanes) is 1. The van der Waals surface area contributed by atoms with Gasteiger partial charge in [0.05, 0.1) is 0 Å². The van der Waals surface area contributed by atoms with E-state index in [2.05, 4.69) is 52.2 Å². The van der Waals surface area contributed by atoms with Gasteiger partial charge in [0.15, 0.2) is 0 Å². The average molecular weight is 459 g/mol. The van der Waals surface area contributed by atoms with Crippen LogP contribution in [0.2, 0.25) is 0 Å². The first-order chi connectivity index (χ1) is 11.1. The average Bonchev–Trinajstić information content (AvgIpc) is 2.59. The Morgan fingerprint density at radius 2 is 1.71 bits per heavy atom. The molecule has 2 aromatic carbocycles. The van der Waals surface area contributed by atoms with E-state index in [9.17, 15) is 4.79 Å². The number of amides is 1. The zero-order valence-electron chi connectivity index (χ0n) is 13.6. The summed E-state index contributed by atoms with van der Waals surface area (Å²) < 4.78 is 1.25. The second-order valence-corrected chi connectivity index (χ2v) is 6.90. The summed E-state index contributed by atoms with van der Waals surface area (Å²) >= 11 is 2.31. The molecule has 5 heteroatoms. The van der Waals surface area contributed by atoms with Gasteiger partial charge in [0.1, 0.15) is 0 Å². The Balaban J connectivity index is 0.00000288. The normalized spacial score (nSPS) is 11.4. The summed E-state index contributed by atoms with van der Waals surface area (Å²) in [5, 5.41) is 2.92. The highest BCUT2D eigenvalue weighted by atomic mass is 127. The van der Waals surface area contributed by atoms with Crippen LogP contribution in [-0.2, 0) is 11.2 Å². The number of carbonyl (C=O) groups excluding carboxylic acids is 1. The lowest BCUT2D eigenvalue weighted by Crippen LogP contribution is -2.31. The molecule has 0 saturated heterocycles. The van der Waals surface area contributed by atoms with Crippen LogP contribution in [0.1, 0.15) is 36.4 Å². The molecule has 1 unspecified atom stereocenters. The van der Waals surface area contributed by atoms with E-state index in [0.29, 0.717) is 13.0 Å². The maximum absolute atomic E-state index is 11.9. The van der Waals surface area contributed by atoms with Crippen molar-refractivity contribution in [1.29, 1.82) is 0 Å². The second kappa shape index (κ2) is 11.4. The molecule has 0 aromatic heterocycles. The molecule has 0 radical (unpaired) electrons. The van der Waals surface area contributed by atoms with Gasteiger partial charge in [-0.1, -0.05) is 42.5 Å². The van der Waals surface area contributed by atoms with Crippen molar-refractivity contribution in [2.45, 2.75) is 31.7 Å². The van der Waals surface area contributed by atoms with Crippen molar-refractivity contribution >= 4 is 40.9 Å². The quantitative estimate of drug-likeness (QED) is 0.459. The van der Waals surface area contributed by atoms with E-state index in [1.807, 2.05) is 30.3 Å². The maximum atomic E-state index is 11.9. The summed E-state index contributed by atoms with van der Waals surface area (Å²) in [5.74, 6) is 0.0824. The molecule has 0 saturated carbocycles. The van der Waals surface area contributed by atoms with Crippen LogP contribution in [-0.4, -0.2) is 12.5 Å². The topological polar surface area (TPSA) is 55.1 Å². The zero-order chi connectivity index (χ0) is 16.5. The molecule has 2 aromatic rings. The molecule has 0 bridgehead atoms. The Labute approximate surface area is 164 Å². The Kier molecular flexibility index (Phi) is 9.98. The van der Waals surface area contributed by atoms with Gasteiger partial charge < -0.3 is 11.1 Å². The van der Waals surface area contributed by atoms with Gasteiger partial charge in [0, 0.05) is 22.6 Å². The summed E-state index contributed by atoms with van der Waals surface area (Å²) in [4.78, 5) is 11.9. The molecule has 1 amide bonds. The molecule has 3 N–H and O–H groups in total. The van der Waals surface area contributed by atoms with Crippen LogP contribution in [0.3, 0.4) is 0 Å². The lowest BCUT2D eigenvalue weighted by molar-refractivity contribution is -0.121. The third-order valence-corrected chi connectivity index (χ3v) is 4.50. The highest BCUT2D eigenvalue weighted by Gasteiger charge is 2.07. The van der Waals surface area contributed by atoms with Gasteiger partial charge in [0.2, 0.25) is 5.91 Å². The Bertz CT molecular complexity index is 605. The summed E-state index contributed by atoms with van der Waals surface area (Å²) in [6.45, 7) is 0.486. The predicted octanol–water partition coefficient (Wildman–Crippen LogP) is 4.24. The van der Waals surface area contributed by atoms with Crippen LogP contribution in [0, 0.1) is 3.57 Å². The monoisotopic (exact) mass is 458 g/mol. The van der Waals surface area contributed by atoms with Gasteiger partial charge in [-0.25, -0.2) is 0 Å². The molecular formula is C19H24ClIN2O. The second-order valence-electron chi connectivity index (χ2n) is 5.65. The summed E-state index contributed by atoms with van der Waals surface area (Å²) in [5.41, 5.74) is 8.45. The van der Waals surface area contributed by atoms with E-state index in [1.54, 1.807) is 0 Å². The van der Waals surface area contributed by atoms with Crippen LogP contribution in [0.4, 0.5) is 0 Å². The van der Waals surface area contributed by atoms with Gasteiger partial charge in [0.25, 0.3) is 0 Å². The first-order valence-corrected chi connectivity index (χ1v) is 9.04. The van der Waals surface area contributed by atoms with Crippen molar-refractivity contribution < 1.29 is 4.79 Å². The minimum Gasteiger partial charge on any atom is -0.354 e. The third-order valence-electron chi connectivity index (χ3n) is 3.78. The fourth-order valence-electron chi connectivity index (χ4n) is 2.40. The molecule has 2 rings (SSSR count). The van der Waals surface area contributed by atoms with Gasteiger partial charge in [-0.15, -0.1) is 12.4 Å². The van der Waals surface area contributed by atoms with Crippen molar-refractivity contribution in [2.24, 2.45) is 5.73 Å². The van der Waals surface area contributed by atoms with Crippen LogP contribution < -0.4 is 11.1 Å². The molecule has 0 aliphatic rings. The van der Waals surface area contributed by atoms with Crippen LogP contribution in [0.5, 0.6) is 0 Å². The largest absolute Gasteiger partial charge is 0.354 e. The SMILES string of the molecule is Cl.NC(CNC(=O)CCCCc1ccc(I)cc1)c1ccccc1. The van der Waals surface area contributed by atoms with Crippen molar-refractivity contribution in [3.63, 3.8) is 0 Å². The van der Waals surface area contributed by atoms with E-state index in [0.717, 1.165) is 24.8 Å². The molecule has 3 nitrogen and oxygen atoms in total. The number of hydrogen-bond donors (Lipinski definition) is 2. The number of nitrogens with one attached hydrogen (secondary N) is 1. The van der Waals surface area contributed by atoms with E-state index in [-0.39, 0.29) is 24.4 Å². The zero-order valence-corrected chi connectivity index (χ0v) is 16.6. The van der Waals surface area contributed by atoms with Gasteiger partial charge >= 0.3 is 0 Å². The Morgan fingerprint density at radius 1 is 1.04 bits per heavy atom.